The second kappa shape index (κ2) is 7.05. The smallest absolute Gasteiger partial charge is 0.325 e. The highest BCUT2D eigenvalue weighted by Crippen LogP contribution is 2.38. The summed E-state index contributed by atoms with van der Waals surface area (Å²) in [5.74, 6) is -1.03. The predicted octanol–water partition coefficient (Wildman–Crippen LogP) is 2.50. The van der Waals surface area contributed by atoms with Gasteiger partial charge >= 0.3 is 6.03 Å². The van der Waals surface area contributed by atoms with Crippen molar-refractivity contribution in [3.63, 3.8) is 0 Å². The number of imide groups is 1. The van der Waals surface area contributed by atoms with Crippen LogP contribution in [-0.4, -0.2) is 34.8 Å². The maximum absolute atomic E-state index is 13.0. The van der Waals surface area contributed by atoms with Crippen molar-refractivity contribution in [3.8, 4) is 0 Å². The average molecular weight is 361 g/mol. The van der Waals surface area contributed by atoms with Crippen molar-refractivity contribution in [2.24, 2.45) is 5.92 Å². The molecule has 7 heteroatoms. The first-order valence-electron chi connectivity index (χ1n) is 9.02. The number of carbonyl (C=O) groups is 3. The Labute approximate surface area is 152 Å². The maximum atomic E-state index is 13.0. The van der Waals surface area contributed by atoms with E-state index < -0.39 is 17.5 Å². The van der Waals surface area contributed by atoms with Gasteiger partial charge in [0.1, 0.15) is 17.9 Å². The second-order valence-electron chi connectivity index (χ2n) is 7.28. The number of nitrogens with zero attached hydrogens (tertiary/aromatic N) is 1. The van der Waals surface area contributed by atoms with Gasteiger partial charge in [0.05, 0.1) is 6.04 Å². The van der Waals surface area contributed by atoms with Gasteiger partial charge in [-0.2, -0.15) is 0 Å². The number of halogens is 1. The number of benzene rings is 1. The molecule has 1 aliphatic heterocycles. The minimum atomic E-state index is -0.863. The number of hydrogen-bond acceptors (Lipinski definition) is 3. The predicted molar refractivity (Wildman–Crippen MR) is 93.6 cm³/mol. The molecule has 3 atom stereocenters. The number of rotatable bonds is 4. The molecule has 3 rings (SSSR count). The third-order valence-electron chi connectivity index (χ3n) is 5.55. The lowest BCUT2D eigenvalue weighted by atomic mass is 9.73. The second-order valence-corrected chi connectivity index (χ2v) is 7.28. The largest absolute Gasteiger partial charge is 0.348 e. The molecule has 0 bridgehead atoms. The van der Waals surface area contributed by atoms with Gasteiger partial charge in [0, 0.05) is 0 Å². The van der Waals surface area contributed by atoms with Crippen LogP contribution in [0.25, 0.3) is 0 Å². The molecule has 3 unspecified atom stereocenters. The Kier molecular flexibility index (Phi) is 4.98. The summed E-state index contributed by atoms with van der Waals surface area (Å²) in [6, 6.07) is 4.96. The minimum Gasteiger partial charge on any atom is -0.348 e. The summed E-state index contributed by atoms with van der Waals surface area (Å²) in [4.78, 5) is 38.5. The van der Waals surface area contributed by atoms with E-state index in [0.717, 1.165) is 29.7 Å². The molecule has 0 radical (unpaired) electrons. The van der Waals surface area contributed by atoms with Crippen LogP contribution < -0.4 is 10.6 Å². The van der Waals surface area contributed by atoms with Crippen molar-refractivity contribution < 1.29 is 18.8 Å². The van der Waals surface area contributed by atoms with Crippen molar-refractivity contribution in [3.05, 3.63) is 35.6 Å². The van der Waals surface area contributed by atoms with Gasteiger partial charge in [0.15, 0.2) is 0 Å². The van der Waals surface area contributed by atoms with E-state index >= 15 is 0 Å². The van der Waals surface area contributed by atoms with Crippen LogP contribution in [0.1, 0.15) is 51.1 Å². The Balaban J connectivity index is 1.64. The van der Waals surface area contributed by atoms with Gasteiger partial charge in [-0.3, -0.25) is 14.5 Å². The molecule has 1 saturated heterocycles. The Morgan fingerprint density at radius 2 is 2.04 bits per heavy atom. The molecular formula is C19H24FN3O3. The quantitative estimate of drug-likeness (QED) is 0.809. The average Bonchev–Trinajstić information content (AvgIpc) is 2.83. The summed E-state index contributed by atoms with van der Waals surface area (Å²) >= 11 is 0. The van der Waals surface area contributed by atoms with E-state index in [1.807, 2.05) is 6.92 Å². The zero-order chi connectivity index (χ0) is 18.9. The number of amides is 4. The van der Waals surface area contributed by atoms with Crippen molar-refractivity contribution >= 4 is 17.8 Å². The molecule has 0 aromatic heterocycles. The molecule has 2 fully saturated rings. The lowest BCUT2D eigenvalue weighted by Gasteiger charge is -2.36. The summed E-state index contributed by atoms with van der Waals surface area (Å²) in [6.45, 7) is 3.42. The highest BCUT2D eigenvalue weighted by atomic mass is 19.1. The van der Waals surface area contributed by atoms with Crippen LogP contribution in [0.15, 0.2) is 24.3 Å². The first-order chi connectivity index (χ1) is 12.3. The first kappa shape index (κ1) is 18.4. The summed E-state index contributed by atoms with van der Waals surface area (Å²) in [7, 11) is 0. The third kappa shape index (κ3) is 3.30. The van der Waals surface area contributed by atoms with E-state index in [-0.39, 0.29) is 30.2 Å². The molecule has 1 aromatic carbocycles. The highest BCUT2D eigenvalue weighted by molar-refractivity contribution is 6.09. The topological polar surface area (TPSA) is 78.5 Å². The molecule has 1 aliphatic carbocycles. The highest BCUT2D eigenvalue weighted by Gasteiger charge is 2.55. The molecule has 4 amide bonds. The minimum absolute atomic E-state index is 0.0545. The van der Waals surface area contributed by atoms with Crippen LogP contribution in [0.2, 0.25) is 0 Å². The Bertz CT molecular complexity index is 721. The molecule has 6 nitrogen and oxygen atoms in total. The molecule has 26 heavy (non-hydrogen) atoms. The number of urea groups is 1. The Morgan fingerprint density at radius 3 is 2.69 bits per heavy atom. The summed E-state index contributed by atoms with van der Waals surface area (Å²) < 4.78 is 13.0. The van der Waals surface area contributed by atoms with Crippen molar-refractivity contribution in [2.45, 2.75) is 51.1 Å². The van der Waals surface area contributed by atoms with Gasteiger partial charge in [0.2, 0.25) is 5.91 Å². The third-order valence-corrected chi connectivity index (χ3v) is 5.55. The Hall–Kier alpha value is -2.44. The van der Waals surface area contributed by atoms with Crippen LogP contribution in [0.5, 0.6) is 0 Å². The van der Waals surface area contributed by atoms with Gasteiger partial charge in [-0.25, -0.2) is 9.18 Å². The van der Waals surface area contributed by atoms with Crippen LogP contribution in [0.3, 0.4) is 0 Å². The number of carbonyl (C=O) groups excluding carboxylic acids is 3. The van der Waals surface area contributed by atoms with E-state index in [1.54, 1.807) is 19.1 Å². The summed E-state index contributed by atoms with van der Waals surface area (Å²) in [5.41, 5.74) is -0.118. The molecule has 140 valence electrons. The standard InChI is InChI=1S/C19H24FN3O3/c1-12-5-3-4-10-19(12)17(25)23(18(26)22-19)11-16(24)21-13(2)14-6-8-15(20)9-7-14/h6-9,12-13H,3-5,10-11H2,1-2H3,(H,21,24)(H,22,26). The van der Waals surface area contributed by atoms with Gasteiger partial charge in [-0.15, -0.1) is 0 Å². The van der Waals surface area contributed by atoms with Crippen molar-refractivity contribution in [1.29, 1.82) is 0 Å². The molecule has 1 heterocycles. The van der Waals surface area contributed by atoms with Crippen LogP contribution in [-0.2, 0) is 9.59 Å². The van der Waals surface area contributed by atoms with E-state index in [1.165, 1.54) is 12.1 Å². The fourth-order valence-corrected chi connectivity index (χ4v) is 3.90. The van der Waals surface area contributed by atoms with Gasteiger partial charge in [-0.1, -0.05) is 31.9 Å². The van der Waals surface area contributed by atoms with Crippen LogP contribution in [0.4, 0.5) is 9.18 Å². The molecule has 2 N–H and O–H groups in total. The lowest BCUT2D eigenvalue weighted by Crippen LogP contribution is -2.54. The molecule has 1 spiro atoms. The monoisotopic (exact) mass is 361 g/mol. The fraction of sp³-hybridized carbons (Fsp3) is 0.526. The normalized spacial score (nSPS) is 26.7. The van der Waals surface area contributed by atoms with E-state index in [4.69, 9.17) is 0 Å². The van der Waals surface area contributed by atoms with Gasteiger partial charge in [-0.05, 0) is 43.4 Å². The van der Waals surface area contributed by atoms with Crippen molar-refractivity contribution in [1.82, 2.24) is 15.5 Å². The molecular weight excluding hydrogens is 337 g/mol. The summed E-state index contributed by atoms with van der Waals surface area (Å²) in [6.07, 6.45) is 3.43. The molecule has 1 aromatic rings. The zero-order valence-corrected chi connectivity index (χ0v) is 15.0. The Morgan fingerprint density at radius 1 is 1.35 bits per heavy atom. The van der Waals surface area contributed by atoms with Crippen LogP contribution in [0, 0.1) is 11.7 Å². The molecule has 2 aliphatic rings. The number of hydrogen-bond donors (Lipinski definition) is 2. The zero-order valence-electron chi connectivity index (χ0n) is 15.0. The van der Waals surface area contributed by atoms with Crippen molar-refractivity contribution in [2.75, 3.05) is 6.54 Å². The van der Waals surface area contributed by atoms with E-state index in [9.17, 15) is 18.8 Å². The first-order valence-corrected chi connectivity index (χ1v) is 9.02. The van der Waals surface area contributed by atoms with Crippen LogP contribution >= 0.6 is 0 Å². The van der Waals surface area contributed by atoms with E-state index in [2.05, 4.69) is 10.6 Å². The van der Waals surface area contributed by atoms with E-state index in [0.29, 0.717) is 6.42 Å². The van der Waals surface area contributed by atoms with Gasteiger partial charge < -0.3 is 10.6 Å². The summed E-state index contributed by atoms with van der Waals surface area (Å²) in [5, 5.41) is 5.58. The lowest BCUT2D eigenvalue weighted by molar-refractivity contribution is -0.137. The van der Waals surface area contributed by atoms with Gasteiger partial charge in [0.25, 0.3) is 5.91 Å². The SMILES string of the molecule is CC(NC(=O)CN1C(=O)NC2(CCCCC2C)C1=O)c1ccc(F)cc1. The number of nitrogens with one attached hydrogen (secondary N) is 2. The molecule has 1 saturated carbocycles. The maximum Gasteiger partial charge on any atom is 0.325 e. The fourth-order valence-electron chi connectivity index (χ4n) is 3.90.